The third-order valence-electron chi connectivity index (χ3n) is 7.96. The minimum atomic E-state index is -0.407. The number of carbonyl (C=O) groups excluding carboxylic acids is 4. The van der Waals surface area contributed by atoms with Crippen LogP contribution in [0.3, 0.4) is 0 Å². The maximum absolute atomic E-state index is 13.4. The number of imide groups is 1. The Bertz CT molecular complexity index is 1260. The number of carbonyl (C=O) groups is 4. The second-order valence-electron chi connectivity index (χ2n) is 10.7. The third kappa shape index (κ3) is 3.65. The second kappa shape index (κ2) is 8.43. The molecule has 1 aliphatic heterocycles. The maximum Gasteiger partial charge on any atom is 0.338 e. The Morgan fingerprint density at radius 2 is 1.58 bits per heavy atom. The molecule has 7 heteroatoms. The second-order valence-corrected chi connectivity index (χ2v) is 10.7. The van der Waals surface area contributed by atoms with E-state index in [1.807, 2.05) is 13.8 Å². The van der Waals surface area contributed by atoms with Crippen LogP contribution in [0, 0.1) is 41.4 Å². The van der Waals surface area contributed by atoms with E-state index in [2.05, 4.69) is 17.5 Å². The van der Waals surface area contributed by atoms with Crippen molar-refractivity contribution in [2.75, 3.05) is 16.8 Å². The standard InChI is InChI=1S/C29H28N2O5/c1-15(2)14-36-29(35)16-6-8-18(9-7-16)30-26(32)17-4-3-5-19(12-17)31-27(33)24-20-10-11-21(23-13-22(20)23)25(24)28(31)34/h3-12,15,20-25H,13-14H2,1-2H3,(H,30,32)/t20-,21-,22-,23-,24+,25+/m0/s1. The van der Waals surface area contributed by atoms with E-state index in [9.17, 15) is 19.2 Å². The predicted molar refractivity (Wildman–Crippen MR) is 133 cm³/mol. The summed E-state index contributed by atoms with van der Waals surface area (Å²) >= 11 is 0. The summed E-state index contributed by atoms with van der Waals surface area (Å²) < 4.78 is 5.23. The zero-order valence-electron chi connectivity index (χ0n) is 20.2. The summed E-state index contributed by atoms with van der Waals surface area (Å²) in [5.74, 6) is 0.0144. The van der Waals surface area contributed by atoms with Gasteiger partial charge in [0.15, 0.2) is 0 Å². The topological polar surface area (TPSA) is 92.8 Å². The lowest BCUT2D eigenvalue weighted by molar-refractivity contribution is -0.124. The van der Waals surface area contributed by atoms with Crippen LogP contribution in [0.2, 0.25) is 0 Å². The highest BCUT2D eigenvalue weighted by Crippen LogP contribution is 2.65. The smallest absolute Gasteiger partial charge is 0.338 e. The molecule has 4 aliphatic carbocycles. The molecule has 2 bridgehead atoms. The van der Waals surface area contributed by atoms with Crippen molar-refractivity contribution in [3.8, 4) is 0 Å². The number of esters is 1. The van der Waals surface area contributed by atoms with Crippen molar-refractivity contribution in [1.82, 2.24) is 0 Å². The lowest BCUT2D eigenvalue weighted by Crippen LogP contribution is -2.40. The molecule has 7 nitrogen and oxygen atoms in total. The molecule has 2 saturated carbocycles. The monoisotopic (exact) mass is 484 g/mol. The summed E-state index contributed by atoms with van der Waals surface area (Å²) in [4.78, 5) is 53.1. The molecule has 2 aromatic rings. The largest absolute Gasteiger partial charge is 0.462 e. The zero-order valence-corrected chi connectivity index (χ0v) is 20.2. The van der Waals surface area contributed by atoms with E-state index >= 15 is 0 Å². The van der Waals surface area contributed by atoms with Gasteiger partial charge in [0.25, 0.3) is 5.91 Å². The Kier molecular flexibility index (Phi) is 5.32. The van der Waals surface area contributed by atoms with Gasteiger partial charge in [-0.3, -0.25) is 14.4 Å². The van der Waals surface area contributed by atoms with Crippen LogP contribution in [0.1, 0.15) is 41.0 Å². The Morgan fingerprint density at radius 3 is 2.19 bits per heavy atom. The van der Waals surface area contributed by atoms with Gasteiger partial charge in [-0.15, -0.1) is 0 Å². The molecule has 6 atom stereocenters. The molecule has 0 aromatic heterocycles. The van der Waals surface area contributed by atoms with Crippen LogP contribution >= 0.6 is 0 Å². The third-order valence-corrected chi connectivity index (χ3v) is 7.96. The minimum absolute atomic E-state index is 0.146. The average Bonchev–Trinajstić information content (AvgIpc) is 3.66. The predicted octanol–water partition coefficient (Wildman–Crippen LogP) is 4.31. The van der Waals surface area contributed by atoms with E-state index in [0.717, 1.165) is 6.42 Å². The Hall–Kier alpha value is -3.74. The van der Waals surface area contributed by atoms with E-state index in [1.54, 1.807) is 48.5 Å². The van der Waals surface area contributed by atoms with Crippen LogP contribution in [0.5, 0.6) is 0 Å². The quantitative estimate of drug-likeness (QED) is 0.375. The van der Waals surface area contributed by atoms with Crippen LogP contribution in [0.15, 0.2) is 60.7 Å². The van der Waals surface area contributed by atoms with Crippen LogP contribution in [0.25, 0.3) is 0 Å². The number of hydrogen-bond donors (Lipinski definition) is 1. The minimum Gasteiger partial charge on any atom is -0.462 e. The summed E-state index contributed by atoms with van der Waals surface area (Å²) in [5, 5.41) is 2.81. The molecule has 184 valence electrons. The van der Waals surface area contributed by atoms with Gasteiger partial charge in [0, 0.05) is 11.3 Å². The van der Waals surface area contributed by atoms with Gasteiger partial charge in [-0.25, -0.2) is 9.69 Å². The number of nitrogens with zero attached hydrogens (tertiary/aromatic N) is 1. The fourth-order valence-electron chi connectivity index (χ4n) is 6.22. The van der Waals surface area contributed by atoms with Gasteiger partial charge in [0.05, 0.1) is 29.7 Å². The molecular formula is C29H28N2O5. The van der Waals surface area contributed by atoms with Crippen molar-refractivity contribution in [1.29, 1.82) is 0 Å². The first-order chi connectivity index (χ1) is 17.3. The highest BCUT2D eigenvalue weighted by molar-refractivity contribution is 6.23. The number of amides is 3. The molecule has 1 N–H and O–H groups in total. The Balaban J connectivity index is 1.16. The average molecular weight is 485 g/mol. The van der Waals surface area contributed by atoms with E-state index in [4.69, 9.17) is 4.74 Å². The highest BCUT2D eigenvalue weighted by atomic mass is 16.5. The van der Waals surface area contributed by atoms with E-state index < -0.39 is 5.97 Å². The molecule has 0 unspecified atom stereocenters. The SMILES string of the molecule is CC(C)COC(=O)c1ccc(NC(=O)c2cccc(N3C(=O)[C@@H]4[C@H]5C=C[C@@H]([C@@H]6C[C@@H]56)[C@H]4C3=O)c2)cc1. The summed E-state index contributed by atoms with van der Waals surface area (Å²) in [6.45, 7) is 4.27. The Morgan fingerprint density at radius 1 is 0.944 bits per heavy atom. The molecular weight excluding hydrogens is 456 g/mol. The number of ether oxygens (including phenoxy) is 1. The normalized spacial score (nSPS) is 29.2. The summed E-state index contributed by atoms with van der Waals surface area (Å²) in [5.41, 5.74) is 1.70. The molecule has 0 radical (unpaired) electrons. The lowest BCUT2D eigenvalue weighted by atomic mass is 9.63. The van der Waals surface area contributed by atoms with Gasteiger partial charge in [-0.2, -0.15) is 0 Å². The molecule has 1 saturated heterocycles. The maximum atomic E-state index is 13.4. The van der Waals surface area contributed by atoms with Crippen molar-refractivity contribution in [3.05, 3.63) is 71.8 Å². The van der Waals surface area contributed by atoms with Crippen molar-refractivity contribution < 1.29 is 23.9 Å². The van der Waals surface area contributed by atoms with Crippen LogP contribution in [-0.2, 0) is 14.3 Å². The number of hydrogen-bond acceptors (Lipinski definition) is 5. The van der Waals surface area contributed by atoms with E-state index in [-0.39, 0.29) is 47.3 Å². The van der Waals surface area contributed by atoms with Crippen molar-refractivity contribution in [2.45, 2.75) is 20.3 Å². The fourth-order valence-corrected chi connectivity index (χ4v) is 6.22. The van der Waals surface area contributed by atoms with Gasteiger partial charge in [-0.05, 0) is 78.5 Å². The van der Waals surface area contributed by atoms with Crippen molar-refractivity contribution in [2.24, 2.45) is 41.4 Å². The molecule has 7 rings (SSSR count). The fraction of sp³-hybridized carbons (Fsp3) is 0.379. The summed E-state index contributed by atoms with van der Waals surface area (Å²) in [6, 6.07) is 13.1. The van der Waals surface area contributed by atoms with Gasteiger partial charge < -0.3 is 10.1 Å². The molecule has 2 aromatic carbocycles. The van der Waals surface area contributed by atoms with Gasteiger partial charge >= 0.3 is 5.97 Å². The number of anilines is 2. The number of rotatable bonds is 6. The first-order valence-corrected chi connectivity index (χ1v) is 12.6. The van der Waals surface area contributed by atoms with E-state index in [1.165, 1.54) is 4.90 Å². The van der Waals surface area contributed by atoms with Crippen LogP contribution < -0.4 is 10.2 Å². The molecule has 3 fully saturated rings. The van der Waals surface area contributed by atoms with Gasteiger partial charge in [0.1, 0.15) is 0 Å². The molecule has 1 heterocycles. The highest BCUT2D eigenvalue weighted by Gasteiger charge is 2.67. The summed E-state index contributed by atoms with van der Waals surface area (Å²) in [6.07, 6.45) is 5.41. The number of nitrogens with one attached hydrogen (secondary N) is 1. The number of allylic oxidation sites excluding steroid dienone is 2. The molecule has 36 heavy (non-hydrogen) atoms. The lowest BCUT2D eigenvalue weighted by Gasteiger charge is -2.37. The van der Waals surface area contributed by atoms with Crippen molar-refractivity contribution in [3.63, 3.8) is 0 Å². The first kappa shape index (κ1) is 22.7. The summed E-state index contributed by atoms with van der Waals surface area (Å²) in [7, 11) is 0. The van der Waals surface area contributed by atoms with Gasteiger partial charge in [-0.1, -0.05) is 32.1 Å². The molecule has 0 spiro atoms. The zero-order chi connectivity index (χ0) is 25.1. The molecule has 5 aliphatic rings. The molecule has 3 amide bonds. The van der Waals surface area contributed by atoms with Crippen molar-refractivity contribution >= 4 is 35.1 Å². The van der Waals surface area contributed by atoms with E-state index in [0.29, 0.717) is 40.9 Å². The number of benzene rings is 2. The Labute approximate surface area is 209 Å². The van der Waals surface area contributed by atoms with Gasteiger partial charge in [0.2, 0.25) is 11.8 Å². The van der Waals surface area contributed by atoms with Crippen LogP contribution in [0.4, 0.5) is 11.4 Å². The first-order valence-electron chi connectivity index (χ1n) is 12.6. The van der Waals surface area contributed by atoms with Crippen LogP contribution in [-0.4, -0.2) is 30.3 Å².